The van der Waals surface area contributed by atoms with E-state index in [-0.39, 0.29) is 52.2 Å². The first-order valence-corrected chi connectivity index (χ1v) is 10.5. The molecule has 2 aromatic rings. The van der Waals surface area contributed by atoms with Crippen LogP contribution in [0.5, 0.6) is 5.75 Å². The highest BCUT2D eigenvalue weighted by molar-refractivity contribution is 7.89. The fraction of sp³-hybridized carbons (Fsp3) is 0.316. The Labute approximate surface area is 168 Å². The topological polar surface area (TPSA) is 95.9 Å². The maximum atomic E-state index is 13.0. The number of amides is 1. The summed E-state index contributed by atoms with van der Waals surface area (Å²) in [5.41, 5.74) is 0.202. The Balaban J connectivity index is 1.90. The first-order valence-electron chi connectivity index (χ1n) is 8.73. The fourth-order valence-electron chi connectivity index (χ4n) is 3.08. The summed E-state index contributed by atoms with van der Waals surface area (Å²) in [4.78, 5) is 12.6. The summed E-state index contributed by atoms with van der Waals surface area (Å²) in [6, 6.07) is 10.2. The maximum absolute atomic E-state index is 13.0. The fourth-order valence-corrected chi connectivity index (χ4v) is 4.90. The molecule has 150 valence electrons. The molecule has 28 heavy (non-hydrogen) atoms. The number of hydrogen-bond donors (Lipinski definition) is 2. The number of benzene rings is 2. The normalized spacial score (nSPS) is 20.7. The lowest BCUT2D eigenvalue weighted by molar-refractivity contribution is -0.0440. The molecule has 1 aliphatic rings. The molecular formula is C19H21ClN2O5S. The second-order valence-corrected chi connectivity index (χ2v) is 9.04. The number of hydrogen-bond acceptors (Lipinski definition) is 5. The van der Waals surface area contributed by atoms with Gasteiger partial charge in [0, 0.05) is 13.1 Å². The van der Waals surface area contributed by atoms with Crippen LogP contribution in [0.25, 0.3) is 0 Å². The average Bonchev–Trinajstić information content (AvgIpc) is 2.63. The molecule has 1 aliphatic heterocycles. The molecule has 1 saturated heterocycles. The van der Waals surface area contributed by atoms with Crippen molar-refractivity contribution in [2.24, 2.45) is 0 Å². The van der Waals surface area contributed by atoms with Crippen LogP contribution in [0.1, 0.15) is 24.2 Å². The van der Waals surface area contributed by atoms with Gasteiger partial charge in [-0.2, -0.15) is 4.31 Å². The highest BCUT2D eigenvalue weighted by Crippen LogP contribution is 2.27. The summed E-state index contributed by atoms with van der Waals surface area (Å²) < 4.78 is 33.0. The van der Waals surface area contributed by atoms with Gasteiger partial charge in [-0.15, -0.1) is 0 Å². The van der Waals surface area contributed by atoms with Crippen molar-refractivity contribution in [2.45, 2.75) is 31.0 Å². The van der Waals surface area contributed by atoms with Gasteiger partial charge in [0.2, 0.25) is 10.0 Å². The van der Waals surface area contributed by atoms with Crippen LogP contribution >= 0.6 is 11.6 Å². The van der Waals surface area contributed by atoms with Crippen LogP contribution in [0, 0.1) is 0 Å². The third-order valence-electron chi connectivity index (χ3n) is 4.36. The Morgan fingerprint density at radius 1 is 1.18 bits per heavy atom. The molecule has 2 aromatic carbocycles. The zero-order valence-corrected chi connectivity index (χ0v) is 17.0. The van der Waals surface area contributed by atoms with E-state index in [0.717, 1.165) is 0 Å². The number of nitrogens with one attached hydrogen (secondary N) is 1. The molecule has 0 aromatic heterocycles. The van der Waals surface area contributed by atoms with Crippen LogP contribution < -0.4 is 5.32 Å². The van der Waals surface area contributed by atoms with Crippen molar-refractivity contribution in [2.75, 3.05) is 18.4 Å². The van der Waals surface area contributed by atoms with E-state index in [1.807, 2.05) is 13.8 Å². The van der Waals surface area contributed by atoms with Crippen LogP contribution in [-0.2, 0) is 14.8 Å². The predicted molar refractivity (Wildman–Crippen MR) is 106 cm³/mol. The van der Waals surface area contributed by atoms with Gasteiger partial charge in [-0.3, -0.25) is 4.79 Å². The maximum Gasteiger partial charge on any atom is 0.257 e. The number of nitrogens with zero attached hydrogens (tertiary/aromatic N) is 1. The van der Waals surface area contributed by atoms with Crippen LogP contribution in [0.3, 0.4) is 0 Å². The number of rotatable bonds is 4. The van der Waals surface area contributed by atoms with E-state index in [4.69, 9.17) is 16.3 Å². The summed E-state index contributed by atoms with van der Waals surface area (Å²) in [6.07, 6.45) is -0.454. The number of phenols is 1. The van der Waals surface area contributed by atoms with Crippen molar-refractivity contribution in [3.63, 3.8) is 0 Å². The zero-order chi connectivity index (χ0) is 20.5. The number of carbonyl (C=O) groups is 1. The molecule has 0 radical (unpaired) electrons. The van der Waals surface area contributed by atoms with Gasteiger partial charge >= 0.3 is 0 Å². The lowest BCUT2D eigenvalue weighted by atomic mass is 10.2. The first kappa shape index (κ1) is 20.6. The van der Waals surface area contributed by atoms with E-state index in [1.54, 1.807) is 12.1 Å². The van der Waals surface area contributed by atoms with Gasteiger partial charge in [0.15, 0.2) is 0 Å². The Bertz CT molecular complexity index is 986. The molecule has 1 amide bonds. The number of phenolic OH excluding ortho intramolecular Hbond substituents is 1. The molecule has 0 spiro atoms. The van der Waals surface area contributed by atoms with Gasteiger partial charge < -0.3 is 15.2 Å². The molecule has 2 atom stereocenters. The first-order chi connectivity index (χ1) is 13.2. The van der Waals surface area contributed by atoms with E-state index in [9.17, 15) is 18.3 Å². The SMILES string of the molecule is C[C@H]1CN(S(=O)(=O)c2ccc(Cl)c(C(=O)Nc3ccccc3O)c2)C[C@H](C)O1. The molecule has 7 nitrogen and oxygen atoms in total. The number of ether oxygens (including phenoxy) is 1. The number of halogens is 1. The van der Waals surface area contributed by atoms with Crippen LogP contribution in [-0.4, -0.2) is 49.0 Å². The van der Waals surface area contributed by atoms with Gasteiger partial charge in [0.1, 0.15) is 5.75 Å². The molecule has 0 saturated carbocycles. The Morgan fingerprint density at radius 3 is 2.46 bits per heavy atom. The largest absolute Gasteiger partial charge is 0.506 e. The van der Waals surface area contributed by atoms with Gasteiger partial charge in [0.05, 0.1) is 33.4 Å². The van der Waals surface area contributed by atoms with E-state index in [2.05, 4.69) is 5.32 Å². The van der Waals surface area contributed by atoms with Crippen molar-refractivity contribution in [3.05, 3.63) is 53.1 Å². The highest BCUT2D eigenvalue weighted by atomic mass is 35.5. The third kappa shape index (κ3) is 4.30. The van der Waals surface area contributed by atoms with Crippen LogP contribution in [0.15, 0.2) is 47.4 Å². The van der Waals surface area contributed by atoms with Crippen molar-refractivity contribution in [1.29, 1.82) is 0 Å². The molecule has 9 heteroatoms. The zero-order valence-electron chi connectivity index (χ0n) is 15.4. The molecular weight excluding hydrogens is 404 g/mol. The van der Waals surface area contributed by atoms with Crippen molar-refractivity contribution < 1.29 is 23.1 Å². The molecule has 0 unspecified atom stereocenters. The third-order valence-corrected chi connectivity index (χ3v) is 6.52. The van der Waals surface area contributed by atoms with Gasteiger partial charge in [-0.1, -0.05) is 23.7 Å². The Hall–Kier alpha value is -2.13. The molecule has 2 N–H and O–H groups in total. The summed E-state index contributed by atoms with van der Waals surface area (Å²) in [5, 5.41) is 12.5. The summed E-state index contributed by atoms with van der Waals surface area (Å²) in [5.74, 6) is -0.723. The number of carbonyl (C=O) groups excluding carboxylic acids is 1. The smallest absolute Gasteiger partial charge is 0.257 e. The lowest BCUT2D eigenvalue weighted by Crippen LogP contribution is -2.48. The Kier molecular flexibility index (Phi) is 5.95. The number of sulfonamides is 1. The minimum Gasteiger partial charge on any atom is -0.506 e. The highest BCUT2D eigenvalue weighted by Gasteiger charge is 2.32. The minimum absolute atomic E-state index is 0.000325. The Morgan fingerprint density at radius 2 is 1.82 bits per heavy atom. The summed E-state index contributed by atoms with van der Waals surface area (Å²) >= 11 is 6.13. The molecule has 1 fully saturated rings. The molecule has 3 rings (SSSR count). The van der Waals surface area contributed by atoms with Crippen molar-refractivity contribution in [3.8, 4) is 5.75 Å². The standard InChI is InChI=1S/C19H21ClN2O5S/c1-12-10-22(11-13(2)27-12)28(25,26)14-7-8-16(20)15(9-14)19(24)21-17-5-3-4-6-18(17)23/h3-9,12-13,23H,10-11H2,1-2H3,(H,21,24)/t12-,13-/m0/s1. The second-order valence-electron chi connectivity index (χ2n) is 6.69. The summed E-state index contributed by atoms with van der Waals surface area (Å²) in [7, 11) is -3.82. The van der Waals surface area contributed by atoms with E-state index >= 15 is 0 Å². The van der Waals surface area contributed by atoms with Gasteiger partial charge in [-0.05, 0) is 44.2 Å². The lowest BCUT2D eigenvalue weighted by Gasteiger charge is -2.34. The number of para-hydroxylation sites is 2. The predicted octanol–water partition coefficient (Wildman–Crippen LogP) is 3.10. The second kappa shape index (κ2) is 8.08. The average molecular weight is 425 g/mol. The van der Waals surface area contributed by atoms with Crippen molar-refractivity contribution >= 4 is 33.2 Å². The quantitative estimate of drug-likeness (QED) is 0.735. The van der Waals surface area contributed by atoms with Crippen LogP contribution in [0.2, 0.25) is 5.02 Å². The monoisotopic (exact) mass is 424 g/mol. The van der Waals surface area contributed by atoms with E-state index < -0.39 is 15.9 Å². The minimum atomic E-state index is -3.82. The molecule has 0 aliphatic carbocycles. The van der Waals surface area contributed by atoms with E-state index in [0.29, 0.717) is 0 Å². The summed E-state index contributed by atoms with van der Waals surface area (Å²) in [6.45, 7) is 4.08. The number of aromatic hydroxyl groups is 1. The van der Waals surface area contributed by atoms with Crippen LogP contribution in [0.4, 0.5) is 5.69 Å². The van der Waals surface area contributed by atoms with E-state index in [1.165, 1.54) is 34.6 Å². The molecule has 1 heterocycles. The number of morpholine rings is 1. The van der Waals surface area contributed by atoms with Crippen molar-refractivity contribution in [1.82, 2.24) is 4.31 Å². The molecule has 0 bridgehead atoms. The number of anilines is 1. The van der Waals surface area contributed by atoms with Gasteiger partial charge in [0.25, 0.3) is 5.91 Å². The van der Waals surface area contributed by atoms with Gasteiger partial charge in [-0.25, -0.2) is 8.42 Å².